The Balaban J connectivity index is 2.28. The first-order valence-electron chi connectivity index (χ1n) is 6.88. The number of benzene rings is 2. The average molecular weight is 281 g/mol. The Bertz CT molecular complexity index is 635. The fraction of sp³-hybridized carbons (Fsp3) is 0.176. The molecule has 0 bridgehead atoms. The quantitative estimate of drug-likeness (QED) is 0.500. The van der Waals surface area contributed by atoms with Crippen LogP contribution in [0.5, 0.6) is 0 Å². The summed E-state index contributed by atoms with van der Waals surface area (Å²) in [7, 11) is 0. The van der Waals surface area contributed by atoms with E-state index in [1.807, 2.05) is 54.6 Å². The summed E-state index contributed by atoms with van der Waals surface area (Å²) in [5, 5.41) is 6.77. The molecule has 0 aromatic heterocycles. The van der Waals surface area contributed by atoms with E-state index in [0.717, 1.165) is 28.8 Å². The number of hydrazone groups is 1. The van der Waals surface area contributed by atoms with Gasteiger partial charge >= 0.3 is 0 Å². The van der Waals surface area contributed by atoms with Gasteiger partial charge in [-0.3, -0.25) is 4.79 Å². The molecule has 0 aliphatic carbocycles. The molecule has 21 heavy (non-hydrogen) atoms. The number of nitrogens with two attached hydrogens (primary N) is 1. The van der Waals surface area contributed by atoms with Crippen molar-refractivity contribution < 1.29 is 4.79 Å². The van der Waals surface area contributed by atoms with Crippen molar-refractivity contribution in [3.05, 3.63) is 71.3 Å². The molecule has 0 heterocycles. The Morgan fingerprint density at radius 1 is 1.10 bits per heavy atom. The van der Waals surface area contributed by atoms with Crippen LogP contribution in [0.1, 0.15) is 23.6 Å². The van der Waals surface area contributed by atoms with Crippen LogP contribution in [0.15, 0.2) is 59.7 Å². The predicted molar refractivity (Wildman–Crippen MR) is 85.1 cm³/mol. The van der Waals surface area contributed by atoms with E-state index in [4.69, 9.17) is 5.84 Å². The molecular formula is C17H19N3O. The Hall–Kier alpha value is -2.62. The van der Waals surface area contributed by atoms with Gasteiger partial charge in [-0.25, -0.2) is 0 Å². The zero-order valence-electron chi connectivity index (χ0n) is 12.0. The van der Waals surface area contributed by atoms with Gasteiger partial charge in [0, 0.05) is 24.6 Å². The highest BCUT2D eigenvalue weighted by Gasteiger charge is 2.11. The van der Waals surface area contributed by atoms with Crippen LogP contribution >= 0.6 is 0 Å². The maximum Gasteiger partial charge on any atom is 0.216 e. The minimum atomic E-state index is -0.0248. The molecule has 108 valence electrons. The molecule has 0 aliphatic heterocycles. The van der Waals surface area contributed by atoms with E-state index in [1.54, 1.807) is 0 Å². The highest BCUT2D eigenvalue weighted by molar-refractivity contribution is 6.13. The zero-order valence-corrected chi connectivity index (χ0v) is 12.0. The SMILES string of the molecule is CC(=O)NCCc1ccccc1C(=NN)c1ccccc1. The van der Waals surface area contributed by atoms with Gasteiger partial charge in [-0.15, -0.1) is 0 Å². The standard InChI is InChI=1S/C17H19N3O/c1-13(21)19-12-11-14-7-5-6-10-16(14)17(20-18)15-8-3-2-4-9-15/h2-10H,11-12,18H2,1H3,(H,19,21). The Kier molecular flexibility index (Phi) is 5.10. The van der Waals surface area contributed by atoms with Gasteiger partial charge in [0.15, 0.2) is 0 Å². The van der Waals surface area contributed by atoms with Gasteiger partial charge in [-0.1, -0.05) is 54.6 Å². The number of carbonyl (C=O) groups is 1. The van der Waals surface area contributed by atoms with E-state index in [9.17, 15) is 4.79 Å². The largest absolute Gasteiger partial charge is 0.356 e. The summed E-state index contributed by atoms with van der Waals surface area (Å²) < 4.78 is 0. The molecule has 4 heteroatoms. The maximum atomic E-state index is 11.0. The topological polar surface area (TPSA) is 67.5 Å². The molecule has 0 aliphatic rings. The predicted octanol–water partition coefficient (Wildman–Crippen LogP) is 2.08. The van der Waals surface area contributed by atoms with Gasteiger partial charge in [0.1, 0.15) is 0 Å². The summed E-state index contributed by atoms with van der Waals surface area (Å²) in [6.45, 7) is 2.11. The summed E-state index contributed by atoms with van der Waals surface area (Å²) >= 11 is 0. The second-order valence-electron chi connectivity index (χ2n) is 4.73. The Morgan fingerprint density at radius 2 is 1.76 bits per heavy atom. The second kappa shape index (κ2) is 7.24. The van der Waals surface area contributed by atoms with Gasteiger partial charge in [0.2, 0.25) is 5.91 Å². The molecule has 0 unspecified atom stereocenters. The van der Waals surface area contributed by atoms with E-state index in [0.29, 0.717) is 6.54 Å². The molecule has 0 atom stereocenters. The third kappa shape index (κ3) is 3.92. The third-order valence-corrected chi connectivity index (χ3v) is 3.22. The highest BCUT2D eigenvalue weighted by Crippen LogP contribution is 2.15. The number of carbonyl (C=O) groups excluding carboxylic acids is 1. The van der Waals surface area contributed by atoms with Crippen LogP contribution in [-0.4, -0.2) is 18.2 Å². The van der Waals surface area contributed by atoms with Crippen LogP contribution in [0.2, 0.25) is 0 Å². The van der Waals surface area contributed by atoms with Crippen molar-refractivity contribution in [2.24, 2.45) is 10.9 Å². The van der Waals surface area contributed by atoms with E-state index in [2.05, 4.69) is 10.4 Å². The van der Waals surface area contributed by atoms with Crippen LogP contribution in [0, 0.1) is 0 Å². The summed E-state index contributed by atoms with van der Waals surface area (Å²) in [6.07, 6.45) is 0.738. The first-order chi connectivity index (χ1) is 10.2. The summed E-state index contributed by atoms with van der Waals surface area (Å²) in [4.78, 5) is 11.0. The fourth-order valence-corrected chi connectivity index (χ4v) is 2.24. The van der Waals surface area contributed by atoms with Crippen LogP contribution < -0.4 is 11.2 Å². The van der Waals surface area contributed by atoms with Gasteiger partial charge in [-0.2, -0.15) is 5.10 Å². The van der Waals surface area contributed by atoms with Gasteiger partial charge in [0.25, 0.3) is 0 Å². The maximum absolute atomic E-state index is 11.0. The minimum Gasteiger partial charge on any atom is -0.356 e. The van der Waals surface area contributed by atoms with Crippen LogP contribution in [0.25, 0.3) is 0 Å². The van der Waals surface area contributed by atoms with Crippen LogP contribution in [0.4, 0.5) is 0 Å². The van der Waals surface area contributed by atoms with Crippen LogP contribution in [-0.2, 0) is 11.2 Å². The van der Waals surface area contributed by atoms with Crippen molar-refractivity contribution in [1.82, 2.24) is 5.32 Å². The van der Waals surface area contributed by atoms with Crippen molar-refractivity contribution >= 4 is 11.6 Å². The monoisotopic (exact) mass is 281 g/mol. The molecular weight excluding hydrogens is 262 g/mol. The number of nitrogens with one attached hydrogen (secondary N) is 1. The van der Waals surface area contributed by atoms with Crippen molar-refractivity contribution in [1.29, 1.82) is 0 Å². The number of hydrogen-bond donors (Lipinski definition) is 2. The van der Waals surface area contributed by atoms with Gasteiger partial charge < -0.3 is 11.2 Å². The summed E-state index contributed by atoms with van der Waals surface area (Å²) in [6, 6.07) is 17.8. The third-order valence-electron chi connectivity index (χ3n) is 3.22. The molecule has 1 amide bonds. The van der Waals surface area contributed by atoms with Crippen molar-refractivity contribution in [3.8, 4) is 0 Å². The normalized spacial score (nSPS) is 11.2. The number of nitrogens with zero attached hydrogens (tertiary/aromatic N) is 1. The van der Waals surface area contributed by atoms with Crippen molar-refractivity contribution in [2.75, 3.05) is 6.54 Å². The summed E-state index contributed by atoms with van der Waals surface area (Å²) in [5.74, 6) is 5.58. The van der Waals surface area contributed by atoms with E-state index >= 15 is 0 Å². The average Bonchev–Trinajstić information content (AvgIpc) is 2.50. The Morgan fingerprint density at radius 3 is 2.43 bits per heavy atom. The molecule has 2 aromatic carbocycles. The molecule has 2 aromatic rings. The number of hydrogen-bond acceptors (Lipinski definition) is 3. The lowest BCUT2D eigenvalue weighted by atomic mass is 9.96. The van der Waals surface area contributed by atoms with Crippen LogP contribution in [0.3, 0.4) is 0 Å². The smallest absolute Gasteiger partial charge is 0.216 e. The van der Waals surface area contributed by atoms with E-state index < -0.39 is 0 Å². The zero-order chi connectivity index (χ0) is 15.1. The fourth-order valence-electron chi connectivity index (χ4n) is 2.24. The van der Waals surface area contributed by atoms with Gasteiger partial charge in [0.05, 0.1) is 5.71 Å². The molecule has 3 N–H and O–H groups in total. The molecule has 4 nitrogen and oxygen atoms in total. The molecule has 0 radical (unpaired) electrons. The highest BCUT2D eigenvalue weighted by atomic mass is 16.1. The van der Waals surface area contributed by atoms with Gasteiger partial charge in [-0.05, 0) is 12.0 Å². The summed E-state index contributed by atoms with van der Waals surface area (Å²) in [5.41, 5.74) is 3.84. The molecule has 0 spiro atoms. The Labute approximate surface area is 124 Å². The number of rotatable bonds is 5. The van der Waals surface area contributed by atoms with Crippen molar-refractivity contribution in [2.45, 2.75) is 13.3 Å². The van der Waals surface area contributed by atoms with Crippen molar-refractivity contribution in [3.63, 3.8) is 0 Å². The first-order valence-corrected chi connectivity index (χ1v) is 6.88. The minimum absolute atomic E-state index is 0.0248. The lowest BCUT2D eigenvalue weighted by molar-refractivity contribution is -0.118. The number of amides is 1. The van der Waals surface area contributed by atoms with E-state index in [1.165, 1.54) is 6.92 Å². The molecule has 0 saturated heterocycles. The molecule has 0 fully saturated rings. The molecule has 2 rings (SSSR count). The lowest BCUT2D eigenvalue weighted by Gasteiger charge is -2.12. The second-order valence-corrected chi connectivity index (χ2v) is 4.73. The molecule has 0 saturated carbocycles. The van der Waals surface area contributed by atoms with E-state index in [-0.39, 0.29) is 5.91 Å². The lowest BCUT2D eigenvalue weighted by Crippen LogP contribution is -2.23. The first kappa shape index (κ1) is 14.8.